The van der Waals surface area contributed by atoms with Gasteiger partial charge in [-0.15, -0.1) is 5.10 Å². The van der Waals surface area contributed by atoms with Crippen molar-refractivity contribution in [3.05, 3.63) is 44.0 Å². The summed E-state index contributed by atoms with van der Waals surface area (Å²) in [4.78, 5) is 19.7. The topological polar surface area (TPSA) is 169 Å². The summed E-state index contributed by atoms with van der Waals surface area (Å²) in [5.41, 5.74) is 5.75. The molecule has 19 heavy (non-hydrogen) atoms. The number of hydrogen-bond donors (Lipinski definition) is 3. The van der Waals surface area contributed by atoms with Gasteiger partial charge in [0.1, 0.15) is 0 Å². The number of hydroxylamine groups is 1. The molecule has 0 heterocycles. The lowest BCUT2D eigenvalue weighted by Gasteiger charge is -1.96. The molecule has 11 heteroatoms. The number of nitro groups is 2. The van der Waals surface area contributed by atoms with Gasteiger partial charge in [-0.25, -0.2) is 5.48 Å². The Kier molecular flexibility index (Phi) is 4.43. The standard InChI is InChI=1S/C8H8N6O5/c9-8(12-15)11-10-4-5-1-6(13(16)17)3-7(2-5)14(18)19/h1-4,15H,(H3,9,11,12). The molecule has 1 aromatic rings. The minimum atomic E-state index is -0.767. The number of nitrogens with zero attached hydrogens (tertiary/aromatic N) is 4. The second kappa shape index (κ2) is 6.02. The van der Waals surface area contributed by atoms with E-state index in [0.717, 1.165) is 24.4 Å². The van der Waals surface area contributed by atoms with Gasteiger partial charge >= 0.3 is 0 Å². The first-order valence-corrected chi connectivity index (χ1v) is 4.64. The van der Waals surface area contributed by atoms with Gasteiger partial charge in [0.2, 0.25) is 5.96 Å². The van der Waals surface area contributed by atoms with Gasteiger partial charge in [0, 0.05) is 17.7 Å². The molecule has 0 spiro atoms. The summed E-state index contributed by atoms with van der Waals surface area (Å²) in [6, 6.07) is 2.98. The second-order valence-corrected chi connectivity index (χ2v) is 3.14. The summed E-state index contributed by atoms with van der Waals surface area (Å²) in [5.74, 6) is -0.406. The van der Waals surface area contributed by atoms with E-state index in [-0.39, 0.29) is 5.56 Å². The van der Waals surface area contributed by atoms with Crippen LogP contribution in [0.15, 0.2) is 28.4 Å². The summed E-state index contributed by atoms with van der Waals surface area (Å²) in [5, 5.41) is 36.1. The van der Waals surface area contributed by atoms with E-state index >= 15 is 0 Å². The van der Waals surface area contributed by atoms with Crippen molar-refractivity contribution in [1.82, 2.24) is 5.48 Å². The smallest absolute Gasteiger partial charge is 0.276 e. The third-order valence-electron chi connectivity index (χ3n) is 1.83. The summed E-state index contributed by atoms with van der Waals surface area (Å²) in [6.07, 6.45) is 1.02. The number of nitro benzene ring substituents is 2. The summed E-state index contributed by atoms with van der Waals surface area (Å²) >= 11 is 0. The highest BCUT2D eigenvalue weighted by molar-refractivity contribution is 5.83. The summed E-state index contributed by atoms with van der Waals surface area (Å²) in [6.45, 7) is 0. The maximum atomic E-state index is 10.6. The maximum absolute atomic E-state index is 10.6. The number of nitrogens with one attached hydrogen (secondary N) is 1. The van der Waals surface area contributed by atoms with Crippen LogP contribution in [0, 0.1) is 20.2 Å². The lowest BCUT2D eigenvalue weighted by Crippen LogP contribution is -2.27. The van der Waals surface area contributed by atoms with Crippen molar-refractivity contribution in [3.63, 3.8) is 0 Å². The molecule has 0 radical (unpaired) electrons. The van der Waals surface area contributed by atoms with E-state index in [2.05, 4.69) is 10.2 Å². The molecular weight excluding hydrogens is 260 g/mol. The minimum Gasteiger partial charge on any atom is -0.367 e. The van der Waals surface area contributed by atoms with Crippen molar-refractivity contribution in [2.75, 3.05) is 0 Å². The SMILES string of the molecule is NC(=NN=Cc1cc([N+](=O)[O-])cc([N+](=O)[O-])c1)NO. The molecule has 0 aliphatic carbocycles. The molecule has 4 N–H and O–H groups in total. The zero-order chi connectivity index (χ0) is 14.4. The first-order valence-electron chi connectivity index (χ1n) is 4.64. The van der Waals surface area contributed by atoms with E-state index < -0.39 is 27.2 Å². The molecule has 0 unspecified atom stereocenters. The zero-order valence-corrected chi connectivity index (χ0v) is 9.26. The Morgan fingerprint density at radius 3 is 2.21 bits per heavy atom. The number of benzene rings is 1. The van der Waals surface area contributed by atoms with Gasteiger partial charge in [0.05, 0.1) is 22.1 Å². The fourth-order valence-electron chi connectivity index (χ4n) is 1.08. The normalized spacial score (nSPS) is 11.5. The van der Waals surface area contributed by atoms with Gasteiger partial charge in [0.25, 0.3) is 11.4 Å². The molecule has 0 saturated carbocycles. The second-order valence-electron chi connectivity index (χ2n) is 3.14. The van der Waals surface area contributed by atoms with E-state index in [4.69, 9.17) is 10.9 Å². The van der Waals surface area contributed by atoms with Gasteiger partial charge in [-0.1, -0.05) is 0 Å². The van der Waals surface area contributed by atoms with Crippen molar-refractivity contribution in [1.29, 1.82) is 0 Å². The summed E-state index contributed by atoms with van der Waals surface area (Å²) in [7, 11) is 0. The molecule has 0 amide bonds. The van der Waals surface area contributed by atoms with Crippen molar-refractivity contribution in [2.45, 2.75) is 0 Å². The molecule has 0 aromatic heterocycles. The predicted octanol–water partition coefficient (Wildman–Crippen LogP) is 0.130. The van der Waals surface area contributed by atoms with Gasteiger partial charge < -0.3 is 5.73 Å². The first kappa shape index (κ1) is 14.0. The largest absolute Gasteiger partial charge is 0.367 e. The zero-order valence-electron chi connectivity index (χ0n) is 9.26. The Morgan fingerprint density at radius 2 is 1.79 bits per heavy atom. The highest BCUT2D eigenvalue weighted by atomic mass is 16.6. The van der Waals surface area contributed by atoms with Crippen LogP contribution in [0.2, 0.25) is 0 Å². The van der Waals surface area contributed by atoms with Crippen LogP contribution in [-0.4, -0.2) is 27.2 Å². The molecule has 1 aromatic carbocycles. The van der Waals surface area contributed by atoms with Gasteiger partial charge in [-0.3, -0.25) is 25.4 Å². The molecule has 0 saturated heterocycles. The highest BCUT2D eigenvalue weighted by Gasteiger charge is 2.15. The lowest BCUT2D eigenvalue weighted by molar-refractivity contribution is -0.394. The van der Waals surface area contributed by atoms with Gasteiger partial charge in [-0.05, 0) is 0 Å². The van der Waals surface area contributed by atoms with Crippen molar-refractivity contribution >= 4 is 23.5 Å². The molecule has 1 rings (SSSR count). The minimum absolute atomic E-state index is 0.0930. The third kappa shape index (κ3) is 4.01. The number of guanidine groups is 1. The van der Waals surface area contributed by atoms with Crippen molar-refractivity contribution in [3.8, 4) is 0 Å². The molecular formula is C8H8N6O5. The first-order chi connectivity index (χ1) is 8.93. The number of hydrogen-bond acceptors (Lipinski definition) is 7. The number of non-ortho nitro benzene ring substituents is 2. The molecule has 0 aliphatic rings. The van der Waals surface area contributed by atoms with Crippen LogP contribution >= 0.6 is 0 Å². The van der Waals surface area contributed by atoms with E-state index in [1.807, 2.05) is 0 Å². The Hall–Kier alpha value is -3.08. The molecule has 11 nitrogen and oxygen atoms in total. The average Bonchev–Trinajstić information content (AvgIpc) is 2.38. The van der Waals surface area contributed by atoms with Crippen molar-refractivity contribution < 1.29 is 15.1 Å². The van der Waals surface area contributed by atoms with E-state index in [0.29, 0.717) is 0 Å². The Morgan fingerprint density at radius 1 is 1.26 bits per heavy atom. The highest BCUT2D eigenvalue weighted by Crippen LogP contribution is 2.21. The van der Waals surface area contributed by atoms with Crippen molar-refractivity contribution in [2.24, 2.45) is 15.9 Å². The monoisotopic (exact) mass is 268 g/mol. The fourth-order valence-corrected chi connectivity index (χ4v) is 1.08. The van der Waals surface area contributed by atoms with Crippen LogP contribution < -0.4 is 11.2 Å². The van der Waals surface area contributed by atoms with Crippen LogP contribution in [-0.2, 0) is 0 Å². The van der Waals surface area contributed by atoms with Gasteiger partial charge in [-0.2, -0.15) is 5.10 Å². The molecule has 0 atom stereocenters. The quantitative estimate of drug-likeness (QED) is 0.301. The van der Waals surface area contributed by atoms with E-state index in [1.54, 1.807) is 0 Å². The Balaban J connectivity index is 3.13. The Bertz CT molecular complexity index is 536. The molecule has 0 fully saturated rings. The van der Waals surface area contributed by atoms with E-state index in [9.17, 15) is 20.2 Å². The van der Waals surface area contributed by atoms with E-state index in [1.165, 1.54) is 5.48 Å². The molecule has 0 bridgehead atoms. The van der Waals surface area contributed by atoms with Crippen LogP contribution in [0.1, 0.15) is 5.56 Å². The Labute approximate surface area is 105 Å². The van der Waals surface area contributed by atoms with Crippen LogP contribution in [0.5, 0.6) is 0 Å². The van der Waals surface area contributed by atoms with Crippen LogP contribution in [0.4, 0.5) is 11.4 Å². The third-order valence-corrected chi connectivity index (χ3v) is 1.83. The maximum Gasteiger partial charge on any atom is 0.276 e. The summed E-state index contributed by atoms with van der Waals surface area (Å²) < 4.78 is 0. The number of rotatable bonds is 4. The lowest BCUT2D eigenvalue weighted by atomic mass is 10.2. The van der Waals surface area contributed by atoms with Crippen LogP contribution in [0.3, 0.4) is 0 Å². The fraction of sp³-hybridized carbons (Fsp3) is 0. The van der Waals surface area contributed by atoms with Crippen LogP contribution in [0.25, 0.3) is 0 Å². The number of nitrogens with two attached hydrogens (primary N) is 1. The average molecular weight is 268 g/mol. The molecule has 100 valence electrons. The van der Waals surface area contributed by atoms with Gasteiger partial charge in [0.15, 0.2) is 0 Å². The molecule has 0 aliphatic heterocycles. The predicted molar refractivity (Wildman–Crippen MR) is 63.9 cm³/mol.